The van der Waals surface area contributed by atoms with Gasteiger partial charge in [0.15, 0.2) is 0 Å². The van der Waals surface area contributed by atoms with E-state index in [0.29, 0.717) is 42.7 Å². The van der Waals surface area contributed by atoms with E-state index in [1.54, 1.807) is 46.9 Å². The van der Waals surface area contributed by atoms with Crippen molar-refractivity contribution in [3.63, 3.8) is 0 Å². The first-order chi connectivity index (χ1) is 20.9. The minimum atomic E-state index is 0.270. The maximum Gasteiger partial charge on any atom is 0.0720 e. The van der Waals surface area contributed by atoms with E-state index in [0.717, 1.165) is 26.8 Å². The number of aromatic nitrogens is 1. The Morgan fingerprint density at radius 3 is 1.14 bits per heavy atom. The molecule has 0 atom stereocenters. The van der Waals surface area contributed by atoms with Crippen LogP contribution in [0.25, 0.3) is 26.8 Å². The summed E-state index contributed by atoms with van der Waals surface area (Å²) >= 11 is 57.4. The zero-order valence-electron chi connectivity index (χ0n) is 22.7. The predicted molar refractivity (Wildman–Crippen MR) is 195 cm³/mol. The molecule has 6 aromatic rings. The van der Waals surface area contributed by atoms with Crippen molar-refractivity contribution < 1.29 is 0 Å². The van der Waals surface area contributed by atoms with Gasteiger partial charge in [-0.25, -0.2) is 0 Å². The standard InChI is InChI=1S/C33H18Cl8NS2/c1-15-3-7-28(43-15)26-5-6-27(29-8-4-16(2)44-29)42(26)19-13-24(40)32(25(41)14-19)33(30-20(36)9-17(34)10-21(30)37)31-22(38)11-18(35)12-23(31)39/h3-14H,1-2H3. The first-order valence-electron chi connectivity index (χ1n) is 12.9. The molecule has 11 heteroatoms. The van der Waals surface area contributed by atoms with Crippen LogP contribution in [0.2, 0.25) is 40.2 Å². The molecule has 44 heavy (non-hydrogen) atoms. The van der Waals surface area contributed by atoms with Crippen molar-refractivity contribution in [1.82, 2.24) is 4.57 Å². The molecule has 0 unspecified atom stereocenters. The van der Waals surface area contributed by atoms with Crippen molar-refractivity contribution in [3.05, 3.63) is 145 Å². The number of thiophene rings is 2. The maximum atomic E-state index is 7.19. The van der Waals surface area contributed by atoms with Crippen molar-refractivity contribution in [1.29, 1.82) is 0 Å². The average molecular weight is 776 g/mol. The maximum absolute atomic E-state index is 7.19. The van der Waals surface area contributed by atoms with E-state index in [4.69, 9.17) is 92.8 Å². The minimum absolute atomic E-state index is 0.270. The monoisotopic (exact) mass is 772 g/mol. The Kier molecular flexibility index (Phi) is 9.66. The molecule has 223 valence electrons. The summed E-state index contributed by atoms with van der Waals surface area (Å²) in [5.41, 5.74) is 4.10. The molecule has 1 radical (unpaired) electrons. The molecule has 0 aliphatic carbocycles. The third-order valence-corrected chi connectivity index (χ3v) is 11.2. The van der Waals surface area contributed by atoms with Gasteiger partial charge >= 0.3 is 0 Å². The summed E-state index contributed by atoms with van der Waals surface area (Å²) in [6.45, 7) is 4.18. The van der Waals surface area contributed by atoms with Gasteiger partial charge in [-0.05, 0) is 86.6 Å². The quantitative estimate of drug-likeness (QED) is 0.149. The molecule has 0 fully saturated rings. The second kappa shape index (κ2) is 13.0. The number of benzene rings is 3. The summed E-state index contributed by atoms with van der Waals surface area (Å²) in [6.07, 6.45) is 0. The molecular formula is C33H18Cl8NS2. The number of nitrogens with zero attached hydrogens (tertiary/aromatic N) is 1. The Morgan fingerprint density at radius 2 is 0.818 bits per heavy atom. The molecule has 3 heterocycles. The van der Waals surface area contributed by atoms with E-state index in [9.17, 15) is 0 Å². The molecule has 0 saturated heterocycles. The van der Waals surface area contributed by atoms with Crippen LogP contribution in [0.15, 0.2) is 72.8 Å². The fourth-order valence-electron chi connectivity index (χ4n) is 5.11. The third kappa shape index (κ3) is 6.19. The Balaban J connectivity index is 1.62. The fraction of sp³-hybridized carbons (Fsp3) is 0.0606. The lowest BCUT2D eigenvalue weighted by molar-refractivity contribution is 1.10. The minimum Gasteiger partial charge on any atom is -0.308 e. The summed E-state index contributed by atoms with van der Waals surface area (Å²) in [6, 6.07) is 22.8. The first kappa shape index (κ1) is 32.6. The molecule has 3 aromatic carbocycles. The van der Waals surface area contributed by atoms with Gasteiger partial charge in [0.1, 0.15) is 0 Å². The summed E-state index contributed by atoms with van der Waals surface area (Å²) in [5.74, 6) is 0.445. The third-order valence-electron chi connectivity index (χ3n) is 6.92. The normalized spacial score (nSPS) is 11.6. The molecule has 0 aliphatic rings. The highest BCUT2D eigenvalue weighted by Gasteiger charge is 2.32. The van der Waals surface area contributed by atoms with Crippen LogP contribution in [-0.2, 0) is 0 Å². The molecule has 0 aliphatic heterocycles. The van der Waals surface area contributed by atoms with Crippen LogP contribution in [0.4, 0.5) is 0 Å². The van der Waals surface area contributed by atoms with Crippen molar-refractivity contribution >= 4 is 115 Å². The predicted octanol–water partition coefficient (Wildman–Crippen LogP) is 14.8. The molecule has 0 N–H and O–H groups in total. The van der Waals surface area contributed by atoms with E-state index in [2.05, 4.69) is 54.8 Å². The Hall–Kier alpha value is -1.34. The lowest BCUT2D eigenvalue weighted by Crippen LogP contribution is -2.10. The number of rotatable bonds is 6. The van der Waals surface area contributed by atoms with Gasteiger partial charge in [0.05, 0.1) is 27.1 Å². The van der Waals surface area contributed by atoms with Gasteiger partial charge in [-0.15, -0.1) is 22.7 Å². The molecule has 0 amide bonds. The average Bonchev–Trinajstić information content (AvgIpc) is 3.66. The van der Waals surface area contributed by atoms with Crippen LogP contribution in [0.3, 0.4) is 0 Å². The molecule has 3 aromatic heterocycles. The summed E-state index contributed by atoms with van der Waals surface area (Å²) in [7, 11) is 0. The molecule has 0 bridgehead atoms. The SMILES string of the molecule is Cc1ccc(-c2ccc(-c3ccc(C)s3)n2-c2cc(Cl)c([C](c3c(Cl)cc(Cl)cc3Cl)c3c(Cl)cc(Cl)cc3Cl)c(Cl)c2)s1. The van der Waals surface area contributed by atoms with Crippen LogP contribution in [0.5, 0.6) is 0 Å². The van der Waals surface area contributed by atoms with E-state index in [-0.39, 0.29) is 20.1 Å². The van der Waals surface area contributed by atoms with E-state index in [1.165, 1.54) is 9.75 Å². The molecule has 6 rings (SSSR count). The van der Waals surface area contributed by atoms with E-state index in [1.807, 2.05) is 12.1 Å². The van der Waals surface area contributed by atoms with Crippen LogP contribution in [0.1, 0.15) is 26.4 Å². The number of halogens is 8. The smallest absolute Gasteiger partial charge is 0.0720 e. The highest BCUT2D eigenvalue weighted by atomic mass is 35.5. The van der Waals surface area contributed by atoms with Crippen LogP contribution < -0.4 is 0 Å². The lowest BCUT2D eigenvalue weighted by atomic mass is 9.84. The number of hydrogen-bond donors (Lipinski definition) is 0. The number of aryl methyl sites for hydroxylation is 2. The zero-order chi connectivity index (χ0) is 31.4. The van der Waals surface area contributed by atoms with E-state index >= 15 is 0 Å². The number of hydrogen-bond acceptors (Lipinski definition) is 2. The van der Waals surface area contributed by atoms with Crippen LogP contribution >= 0.6 is 115 Å². The molecular weight excluding hydrogens is 758 g/mol. The molecule has 0 saturated carbocycles. The second-order valence-electron chi connectivity index (χ2n) is 9.91. The van der Waals surface area contributed by atoms with Gasteiger partial charge in [-0.2, -0.15) is 0 Å². The lowest BCUT2D eigenvalue weighted by Gasteiger charge is -2.25. The van der Waals surface area contributed by atoms with Crippen LogP contribution in [0, 0.1) is 19.8 Å². The van der Waals surface area contributed by atoms with Gasteiger partial charge in [-0.3, -0.25) is 0 Å². The van der Waals surface area contributed by atoms with Crippen molar-refractivity contribution in [3.8, 4) is 26.8 Å². The summed E-state index contributed by atoms with van der Waals surface area (Å²) < 4.78 is 2.17. The highest BCUT2D eigenvalue weighted by Crippen LogP contribution is 2.50. The topological polar surface area (TPSA) is 4.93 Å². The zero-order valence-corrected chi connectivity index (χ0v) is 30.4. The Morgan fingerprint density at radius 1 is 0.477 bits per heavy atom. The van der Waals surface area contributed by atoms with Crippen molar-refractivity contribution in [2.75, 3.05) is 0 Å². The second-order valence-corrected chi connectivity index (χ2v) is 15.8. The van der Waals surface area contributed by atoms with Crippen molar-refractivity contribution in [2.24, 2.45) is 0 Å². The Bertz CT molecular complexity index is 1870. The highest BCUT2D eigenvalue weighted by molar-refractivity contribution is 7.15. The molecule has 0 spiro atoms. The first-order valence-corrected chi connectivity index (χ1v) is 17.6. The van der Waals surface area contributed by atoms with Gasteiger partial charge < -0.3 is 4.57 Å². The molecule has 1 nitrogen and oxygen atoms in total. The Labute approximate surface area is 303 Å². The fourth-order valence-corrected chi connectivity index (χ4v) is 9.55. The van der Waals surface area contributed by atoms with E-state index < -0.39 is 0 Å². The largest absolute Gasteiger partial charge is 0.308 e. The van der Waals surface area contributed by atoms with Crippen LogP contribution in [-0.4, -0.2) is 4.57 Å². The summed E-state index contributed by atoms with van der Waals surface area (Å²) in [4.78, 5) is 4.65. The van der Waals surface area contributed by atoms with Crippen molar-refractivity contribution in [2.45, 2.75) is 13.8 Å². The van der Waals surface area contributed by atoms with Gasteiger partial charge in [-0.1, -0.05) is 92.8 Å². The van der Waals surface area contributed by atoms with Gasteiger partial charge in [0.2, 0.25) is 0 Å². The van der Waals surface area contributed by atoms with Gasteiger partial charge in [0.25, 0.3) is 0 Å². The summed E-state index contributed by atoms with van der Waals surface area (Å²) in [5, 5.41) is 2.48. The van der Waals surface area contributed by atoms with Gasteiger partial charge in [0, 0.05) is 72.3 Å².